The summed E-state index contributed by atoms with van der Waals surface area (Å²) >= 11 is 0. The summed E-state index contributed by atoms with van der Waals surface area (Å²) in [5, 5.41) is 10.9. The number of rotatable bonds is 34. The Morgan fingerprint density at radius 1 is 0.545 bits per heavy atom. The average Bonchev–Trinajstić information content (AvgIpc) is 2.99. The third-order valence-electron chi connectivity index (χ3n) is 8.86. The number of ketones is 1. The number of nitrogens with zero attached hydrogens (tertiary/aromatic N) is 1. The zero-order valence-electron chi connectivity index (χ0n) is 30.3. The van der Waals surface area contributed by atoms with Crippen LogP contribution in [0, 0.1) is 0 Å². The van der Waals surface area contributed by atoms with Gasteiger partial charge in [-0.2, -0.15) is 0 Å². The Kier molecular flexibility index (Phi) is 30.6. The Balaban J connectivity index is 3.97. The quantitative estimate of drug-likeness (QED) is 0.0330. The molecule has 0 fully saturated rings. The largest absolute Gasteiger partial charge is 0.396 e. The minimum Gasteiger partial charge on any atom is -0.396 e. The number of aliphatic hydroxyl groups excluding tert-OH is 1. The summed E-state index contributed by atoms with van der Waals surface area (Å²) < 4.78 is 0.422. The van der Waals surface area contributed by atoms with Crippen molar-refractivity contribution < 1.29 is 19.2 Å². The molecule has 2 unspecified atom stereocenters. The zero-order valence-corrected chi connectivity index (χ0v) is 31.2. The Morgan fingerprint density at radius 3 is 1.27 bits per heavy atom. The molecule has 44 heavy (non-hydrogen) atoms. The number of carbonyl (C=O) groups is 2. The SMILES string of the molecule is CCCCCCCC/C=C\CCCCCCCC(=O)C(O)C([P-]C(=O)CCCCCCCCCCCCCCC)[N+](C)(C)C. The third kappa shape index (κ3) is 27.7. The number of unbranched alkanes of at least 4 members (excludes halogenated alkanes) is 23. The van der Waals surface area contributed by atoms with Gasteiger partial charge in [-0.1, -0.05) is 154 Å². The molecule has 0 bridgehead atoms. The molecule has 0 radical (unpaired) electrons. The number of Topliss-reactive ketones (excluding diaryl/α,β-unsaturated/α-hetero) is 1. The van der Waals surface area contributed by atoms with Crippen LogP contribution < -0.4 is 0 Å². The number of allylic oxidation sites excluding steroid dienone is 2. The van der Waals surface area contributed by atoms with E-state index < -0.39 is 6.10 Å². The maximum Gasteiger partial charge on any atom is 0.164 e. The van der Waals surface area contributed by atoms with Gasteiger partial charge in [-0.25, -0.2) is 0 Å². The van der Waals surface area contributed by atoms with Crippen molar-refractivity contribution in [3.05, 3.63) is 12.2 Å². The van der Waals surface area contributed by atoms with Crippen LogP contribution in [0.3, 0.4) is 0 Å². The van der Waals surface area contributed by atoms with E-state index in [2.05, 4.69) is 26.0 Å². The second-order valence-corrected chi connectivity index (χ2v) is 15.6. The van der Waals surface area contributed by atoms with E-state index in [0.717, 1.165) is 38.5 Å². The summed E-state index contributed by atoms with van der Waals surface area (Å²) in [7, 11) is 6.54. The van der Waals surface area contributed by atoms with Gasteiger partial charge in [0.1, 0.15) is 6.10 Å². The first kappa shape index (κ1) is 43.4. The van der Waals surface area contributed by atoms with Crippen LogP contribution in [0.5, 0.6) is 0 Å². The van der Waals surface area contributed by atoms with Crippen molar-refractivity contribution in [3.8, 4) is 0 Å². The normalized spacial score (nSPS) is 13.8. The Labute approximate surface area is 277 Å². The van der Waals surface area contributed by atoms with Crippen LogP contribution in [0.15, 0.2) is 12.2 Å². The first-order valence-corrected chi connectivity index (χ1v) is 20.1. The predicted octanol–water partition coefficient (Wildman–Crippen LogP) is 11.9. The topological polar surface area (TPSA) is 54.4 Å². The molecule has 1 N–H and O–H groups in total. The predicted molar refractivity (Wildman–Crippen MR) is 195 cm³/mol. The molecule has 2 atom stereocenters. The van der Waals surface area contributed by atoms with Crippen LogP contribution in [0.2, 0.25) is 0 Å². The number of hydrogen-bond acceptors (Lipinski definition) is 3. The highest BCUT2D eigenvalue weighted by Crippen LogP contribution is 2.32. The molecule has 260 valence electrons. The fourth-order valence-corrected chi connectivity index (χ4v) is 7.09. The van der Waals surface area contributed by atoms with Crippen molar-refractivity contribution in [1.82, 2.24) is 0 Å². The second kappa shape index (κ2) is 31.1. The first-order valence-electron chi connectivity index (χ1n) is 19.1. The van der Waals surface area contributed by atoms with Gasteiger partial charge in [0.2, 0.25) is 0 Å². The van der Waals surface area contributed by atoms with Gasteiger partial charge in [-0.05, 0) is 50.5 Å². The fourth-order valence-electron chi connectivity index (χ4n) is 5.86. The van der Waals surface area contributed by atoms with Crippen LogP contribution in [0.25, 0.3) is 0 Å². The van der Waals surface area contributed by atoms with Gasteiger partial charge >= 0.3 is 0 Å². The molecule has 0 aliphatic carbocycles. The molecule has 0 heterocycles. The number of likely N-dealkylation sites (N-methyl/N-ethyl adjacent to an activating group) is 1. The van der Waals surface area contributed by atoms with Crippen LogP contribution in [-0.2, 0) is 9.59 Å². The van der Waals surface area contributed by atoms with Gasteiger partial charge in [-0.15, -0.1) is 0 Å². The van der Waals surface area contributed by atoms with Crippen molar-refractivity contribution in [1.29, 1.82) is 0 Å². The molecule has 0 aliphatic rings. The molecule has 0 rings (SSSR count). The third-order valence-corrected chi connectivity index (χ3v) is 10.6. The highest BCUT2D eigenvalue weighted by atomic mass is 31.1. The lowest BCUT2D eigenvalue weighted by Gasteiger charge is -2.44. The molecule has 0 spiro atoms. The molecule has 4 nitrogen and oxygen atoms in total. The molecule has 0 amide bonds. The number of carbonyl (C=O) groups excluding carboxylic acids is 2. The van der Waals surface area contributed by atoms with E-state index in [9.17, 15) is 14.7 Å². The molecule has 5 heteroatoms. The van der Waals surface area contributed by atoms with Crippen molar-refractivity contribution in [2.24, 2.45) is 0 Å². The fraction of sp³-hybridized carbons (Fsp3) is 0.897. The Bertz CT molecular complexity index is 687. The molecule has 0 aliphatic heterocycles. The van der Waals surface area contributed by atoms with Gasteiger partial charge in [0.25, 0.3) is 0 Å². The summed E-state index contributed by atoms with van der Waals surface area (Å²) in [6.07, 6.45) is 37.4. The molecule has 0 aromatic rings. The maximum atomic E-state index is 12.8. The van der Waals surface area contributed by atoms with Gasteiger partial charge in [0.15, 0.2) is 5.78 Å². The summed E-state index contributed by atoms with van der Waals surface area (Å²) in [5.41, 5.74) is 0.166. The van der Waals surface area contributed by atoms with E-state index in [4.69, 9.17) is 0 Å². The Hall–Kier alpha value is -0.570. The van der Waals surface area contributed by atoms with E-state index in [1.165, 1.54) is 128 Å². The molecular formula is C39H76NO3P. The summed E-state index contributed by atoms with van der Waals surface area (Å²) in [6.45, 7) is 4.54. The van der Waals surface area contributed by atoms with Crippen molar-refractivity contribution in [3.63, 3.8) is 0 Å². The van der Waals surface area contributed by atoms with E-state index in [0.29, 0.717) is 25.9 Å². The van der Waals surface area contributed by atoms with Crippen LogP contribution >= 0.6 is 8.58 Å². The monoisotopic (exact) mass is 638 g/mol. The molecule has 0 saturated carbocycles. The number of quaternary nitrogens is 1. The summed E-state index contributed by atoms with van der Waals surface area (Å²) in [5.74, 6) is -0.484. The Morgan fingerprint density at radius 2 is 0.886 bits per heavy atom. The van der Waals surface area contributed by atoms with E-state index in [-0.39, 0.29) is 17.1 Å². The highest BCUT2D eigenvalue weighted by Gasteiger charge is 2.29. The first-order chi connectivity index (χ1) is 21.2. The van der Waals surface area contributed by atoms with Crippen LogP contribution in [-0.4, -0.2) is 53.9 Å². The molecule has 0 aromatic heterocycles. The summed E-state index contributed by atoms with van der Waals surface area (Å²) in [6, 6.07) is 0. The molecular weight excluding hydrogens is 561 g/mol. The highest BCUT2D eigenvalue weighted by molar-refractivity contribution is 7.58. The van der Waals surface area contributed by atoms with Gasteiger partial charge in [0.05, 0.1) is 21.1 Å². The lowest BCUT2D eigenvalue weighted by Crippen LogP contribution is -2.52. The smallest absolute Gasteiger partial charge is 0.164 e. The van der Waals surface area contributed by atoms with E-state index in [1.807, 2.05) is 21.1 Å². The van der Waals surface area contributed by atoms with Gasteiger partial charge in [-0.3, -0.25) is 4.79 Å². The minimum absolute atomic E-state index is 0.0954. The maximum absolute atomic E-state index is 12.8. The minimum atomic E-state index is -1.07. The lowest BCUT2D eigenvalue weighted by molar-refractivity contribution is -0.883. The van der Waals surface area contributed by atoms with Crippen molar-refractivity contribution >= 4 is 19.9 Å². The van der Waals surface area contributed by atoms with Crippen molar-refractivity contribution in [2.75, 3.05) is 21.1 Å². The van der Waals surface area contributed by atoms with E-state index >= 15 is 0 Å². The number of aliphatic hydroxyl groups is 1. The van der Waals surface area contributed by atoms with Crippen LogP contribution in [0.4, 0.5) is 0 Å². The van der Waals surface area contributed by atoms with Gasteiger partial charge in [0, 0.05) is 12.2 Å². The molecule has 0 aromatic carbocycles. The zero-order chi connectivity index (χ0) is 32.7. The van der Waals surface area contributed by atoms with E-state index in [1.54, 1.807) is 0 Å². The average molecular weight is 638 g/mol. The van der Waals surface area contributed by atoms with Crippen molar-refractivity contribution in [2.45, 2.75) is 206 Å². The standard InChI is InChI=1S/C39H76NO3P/c1-6-8-10-12-14-16-18-20-21-23-24-26-28-30-32-34-36(41)38(43)39(40(3,4)5)44-37(42)35-33-31-29-27-25-22-19-17-15-13-11-9-7-2/h20-21,38-39,43H,6-19,22-35H2,1-5H3/b21-20-. The van der Waals surface area contributed by atoms with Crippen LogP contribution in [0.1, 0.15) is 194 Å². The number of hydrogen-bond donors (Lipinski definition) is 1. The van der Waals surface area contributed by atoms with Gasteiger partial charge < -0.3 is 23.0 Å². The second-order valence-electron chi connectivity index (χ2n) is 14.3. The molecule has 0 saturated heterocycles. The summed E-state index contributed by atoms with van der Waals surface area (Å²) in [4.78, 5) is 25.6. The lowest BCUT2D eigenvalue weighted by atomic mass is 10.0.